The molecule has 3 nitrogen and oxygen atoms in total. The van der Waals surface area contributed by atoms with Gasteiger partial charge in [-0.05, 0) is 6.07 Å². The summed E-state index contributed by atoms with van der Waals surface area (Å²) in [6, 6.07) is 2.69. The van der Waals surface area contributed by atoms with E-state index in [9.17, 15) is 9.59 Å². The Hall–Kier alpha value is -1.06. The molecule has 0 aliphatic carbocycles. The third-order valence-corrected chi connectivity index (χ3v) is 2.22. The largest absolute Gasteiger partial charge is 0.495 e. The van der Waals surface area contributed by atoms with Gasteiger partial charge >= 0.3 is 0 Å². The van der Waals surface area contributed by atoms with Crippen molar-refractivity contribution in [3.05, 3.63) is 27.7 Å². The van der Waals surface area contributed by atoms with Crippen LogP contribution in [-0.2, 0) is 4.79 Å². The Kier molecular flexibility index (Phi) is 3.49. The SMILES string of the molecule is COc1cc(Cl)c(C(=O)C=O)cc1Cl. The highest BCUT2D eigenvalue weighted by Crippen LogP contribution is 2.30. The van der Waals surface area contributed by atoms with Crippen LogP contribution in [0.4, 0.5) is 0 Å². The van der Waals surface area contributed by atoms with Crippen molar-refractivity contribution in [1.29, 1.82) is 0 Å². The summed E-state index contributed by atoms with van der Waals surface area (Å²) in [7, 11) is 1.43. The van der Waals surface area contributed by atoms with Crippen LogP contribution in [0.15, 0.2) is 12.1 Å². The summed E-state index contributed by atoms with van der Waals surface area (Å²) >= 11 is 11.5. The quantitative estimate of drug-likeness (QED) is 0.457. The number of carbonyl (C=O) groups is 2. The number of ether oxygens (including phenoxy) is 1. The number of Topliss-reactive ketones (excluding diaryl/α,β-unsaturated/α-hetero) is 1. The number of ketones is 1. The number of hydrogen-bond acceptors (Lipinski definition) is 3. The molecule has 0 amide bonds. The van der Waals surface area contributed by atoms with Gasteiger partial charge in [-0.3, -0.25) is 9.59 Å². The molecule has 1 rings (SSSR count). The fraction of sp³-hybridized carbons (Fsp3) is 0.111. The van der Waals surface area contributed by atoms with Crippen LogP contribution in [0.25, 0.3) is 0 Å². The topological polar surface area (TPSA) is 43.4 Å². The van der Waals surface area contributed by atoms with Crippen molar-refractivity contribution in [2.75, 3.05) is 7.11 Å². The van der Waals surface area contributed by atoms with E-state index in [1.165, 1.54) is 19.2 Å². The third kappa shape index (κ3) is 2.05. The smallest absolute Gasteiger partial charge is 0.226 e. The lowest BCUT2D eigenvalue weighted by molar-refractivity contribution is -0.104. The molecule has 0 radical (unpaired) electrons. The van der Waals surface area contributed by atoms with E-state index in [-0.39, 0.29) is 21.9 Å². The minimum atomic E-state index is -0.709. The lowest BCUT2D eigenvalue weighted by Crippen LogP contribution is -2.01. The molecule has 0 bridgehead atoms. The van der Waals surface area contributed by atoms with Crippen LogP contribution >= 0.6 is 23.2 Å². The fourth-order valence-corrected chi connectivity index (χ4v) is 1.42. The molecule has 0 saturated carbocycles. The molecule has 0 aliphatic rings. The number of hydrogen-bond donors (Lipinski definition) is 0. The molecule has 0 aliphatic heterocycles. The van der Waals surface area contributed by atoms with Gasteiger partial charge in [-0.2, -0.15) is 0 Å². The molecule has 0 fully saturated rings. The summed E-state index contributed by atoms with van der Waals surface area (Å²) in [6.07, 6.45) is 0.185. The van der Waals surface area contributed by atoms with E-state index in [4.69, 9.17) is 27.9 Å². The third-order valence-electron chi connectivity index (χ3n) is 1.61. The highest BCUT2D eigenvalue weighted by molar-refractivity contribution is 6.42. The van der Waals surface area contributed by atoms with Gasteiger partial charge in [0.25, 0.3) is 0 Å². The van der Waals surface area contributed by atoms with Gasteiger partial charge in [0.1, 0.15) is 5.75 Å². The first-order valence-electron chi connectivity index (χ1n) is 3.62. The number of rotatable bonds is 3. The Labute approximate surface area is 90.6 Å². The first-order valence-corrected chi connectivity index (χ1v) is 4.38. The summed E-state index contributed by atoms with van der Waals surface area (Å²) in [5.74, 6) is -0.348. The number of halogens is 2. The van der Waals surface area contributed by atoms with Crippen LogP contribution in [0, 0.1) is 0 Å². The van der Waals surface area contributed by atoms with Crippen molar-refractivity contribution in [1.82, 2.24) is 0 Å². The molecule has 14 heavy (non-hydrogen) atoms. The van der Waals surface area contributed by atoms with Crippen LogP contribution in [0.1, 0.15) is 10.4 Å². The minimum absolute atomic E-state index is 0.0764. The van der Waals surface area contributed by atoms with E-state index >= 15 is 0 Å². The van der Waals surface area contributed by atoms with Crippen molar-refractivity contribution >= 4 is 35.3 Å². The second-order valence-corrected chi connectivity index (χ2v) is 3.26. The van der Waals surface area contributed by atoms with Gasteiger partial charge < -0.3 is 4.74 Å². The normalized spacial score (nSPS) is 9.64. The molecule has 0 N–H and O–H groups in total. The standard InChI is InChI=1S/C9H6Cl2O3/c1-14-9-3-6(10)5(2-7(9)11)8(13)4-12/h2-4H,1H3. The van der Waals surface area contributed by atoms with E-state index in [2.05, 4.69) is 0 Å². The lowest BCUT2D eigenvalue weighted by atomic mass is 10.1. The van der Waals surface area contributed by atoms with Gasteiger partial charge in [0.2, 0.25) is 5.78 Å². The van der Waals surface area contributed by atoms with Crippen LogP contribution in [0.5, 0.6) is 5.75 Å². The maximum absolute atomic E-state index is 11.0. The number of aldehydes is 1. The Balaban J connectivity index is 3.28. The fourth-order valence-electron chi connectivity index (χ4n) is 0.937. The van der Waals surface area contributed by atoms with Gasteiger partial charge in [-0.25, -0.2) is 0 Å². The van der Waals surface area contributed by atoms with Crippen LogP contribution < -0.4 is 4.74 Å². The van der Waals surface area contributed by atoms with Crippen LogP contribution in [-0.4, -0.2) is 19.2 Å². The zero-order valence-corrected chi connectivity index (χ0v) is 8.72. The zero-order chi connectivity index (χ0) is 10.7. The van der Waals surface area contributed by atoms with E-state index in [1.54, 1.807) is 0 Å². The molecule has 0 saturated heterocycles. The van der Waals surface area contributed by atoms with Crippen molar-refractivity contribution in [2.24, 2.45) is 0 Å². The maximum Gasteiger partial charge on any atom is 0.226 e. The molecule has 1 aromatic rings. The zero-order valence-electron chi connectivity index (χ0n) is 7.21. The number of carbonyl (C=O) groups excluding carboxylic acids is 2. The van der Waals surface area contributed by atoms with Crippen molar-refractivity contribution in [2.45, 2.75) is 0 Å². The second kappa shape index (κ2) is 4.44. The summed E-state index contributed by atoms with van der Waals surface area (Å²) in [6.45, 7) is 0. The highest BCUT2D eigenvalue weighted by Gasteiger charge is 2.13. The summed E-state index contributed by atoms with van der Waals surface area (Å²) in [4.78, 5) is 21.3. The molecule has 74 valence electrons. The second-order valence-electron chi connectivity index (χ2n) is 2.45. The van der Waals surface area contributed by atoms with E-state index in [1.807, 2.05) is 0 Å². The molecule has 1 aromatic carbocycles. The Morgan fingerprint density at radius 2 is 2.00 bits per heavy atom. The molecule has 0 heterocycles. The molecular formula is C9H6Cl2O3. The van der Waals surface area contributed by atoms with Crippen molar-refractivity contribution < 1.29 is 14.3 Å². The molecule has 0 spiro atoms. The van der Waals surface area contributed by atoms with E-state index < -0.39 is 5.78 Å². The van der Waals surface area contributed by atoms with E-state index in [0.717, 1.165) is 0 Å². The summed E-state index contributed by atoms with van der Waals surface area (Å²) in [5, 5.41) is 0.380. The average molecular weight is 233 g/mol. The van der Waals surface area contributed by atoms with Crippen LogP contribution in [0.2, 0.25) is 10.0 Å². The first-order chi connectivity index (χ1) is 6.60. The summed E-state index contributed by atoms with van der Waals surface area (Å²) in [5.41, 5.74) is 0.0764. The average Bonchev–Trinajstić information content (AvgIpc) is 2.19. The van der Waals surface area contributed by atoms with Gasteiger partial charge in [-0.1, -0.05) is 23.2 Å². The number of methoxy groups -OCH3 is 1. The van der Waals surface area contributed by atoms with Gasteiger partial charge in [0, 0.05) is 11.6 Å². The summed E-state index contributed by atoms with van der Waals surface area (Å²) < 4.78 is 4.88. The first kappa shape index (κ1) is 11.0. The minimum Gasteiger partial charge on any atom is -0.495 e. The molecule has 0 aromatic heterocycles. The van der Waals surface area contributed by atoms with Gasteiger partial charge in [-0.15, -0.1) is 0 Å². The predicted octanol–water partition coefficient (Wildman–Crippen LogP) is 2.38. The Bertz CT molecular complexity index is 388. The lowest BCUT2D eigenvalue weighted by Gasteiger charge is -2.05. The monoisotopic (exact) mass is 232 g/mol. The number of benzene rings is 1. The molecular weight excluding hydrogens is 227 g/mol. The molecule has 0 atom stereocenters. The van der Waals surface area contributed by atoms with Crippen LogP contribution in [0.3, 0.4) is 0 Å². The van der Waals surface area contributed by atoms with Gasteiger partial charge in [0.15, 0.2) is 6.29 Å². The highest BCUT2D eigenvalue weighted by atomic mass is 35.5. The van der Waals surface area contributed by atoms with Crippen molar-refractivity contribution in [3.8, 4) is 5.75 Å². The van der Waals surface area contributed by atoms with Crippen molar-refractivity contribution in [3.63, 3.8) is 0 Å². The molecule has 5 heteroatoms. The molecule has 0 unspecified atom stereocenters. The predicted molar refractivity (Wildman–Crippen MR) is 53.4 cm³/mol. The maximum atomic E-state index is 11.0. The Morgan fingerprint density at radius 1 is 1.36 bits per heavy atom. The van der Waals surface area contributed by atoms with Gasteiger partial charge in [0.05, 0.1) is 17.2 Å². The Morgan fingerprint density at radius 3 is 2.50 bits per heavy atom. The van der Waals surface area contributed by atoms with E-state index in [0.29, 0.717) is 5.75 Å².